The van der Waals surface area contributed by atoms with Crippen LogP contribution in [0.25, 0.3) is 0 Å². The van der Waals surface area contributed by atoms with E-state index in [0.717, 1.165) is 0 Å². The molecule has 4 heteroatoms. The van der Waals surface area contributed by atoms with Crippen molar-refractivity contribution in [1.82, 2.24) is 0 Å². The van der Waals surface area contributed by atoms with Crippen LogP contribution in [0.5, 0.6) is 0 Å². The molecule has 0 aliphatic rings. The van der Waals surface area contributed by atoms with Gasteiger partial charge in [0.1, 0.15) is 0 Å². The molecule has 0 radical (unpaired) electrons. The zero-order valence-electron chi connectivity index (χ0n) is 10.2. The molecule has 0 atom stereocenters. The number of hydrogen-bond acceptors (Lipinski definition) is 3. The molecule has 2 aromatic carbocycles. The molecule has 0 unspecified atom stereocenters. The molecular weight excluding hydrogens is 247 g/mol. The fourth-order valence-corrected chi connectivity index (χ4v) is 4.44. The van der Waals surface area contributed by atoms with Crippen LogP contribution in [0.15, 0.2) is 60.7 Å². The van der Waals surface area contributed by atoms with Gasteiger partial charge < -0.3 is 0 Å². The molecule has 0 aromatic heterocycles. The Balaban J connectivity index is 2.63. The van der Waals surface area contributed by atoms with E-state index in [2.05, 4.69) is 0 Å². The van der Waals surface area contributed by atoms with Crippen LogP contribution in [-0.2, 0) is 4.52 Å². The van der Waals surface area contributed by atoms with E-state index in [1.165, 1.54) is 0 Å². The van der Waals surface area contributed by atoms with Gasteiger partial charge in [-0.3, -0.25) is 0 Å². The van der Waals surface area contributed by atoms with Gasteiger partial charge in [-0.05, 0) is 0 Å². The van der Waals surface area contributed by atoms with E-state index in [-0.39, 0.29) is 6.61 Å². The van der Waals surface area contributed by atoms with E-state index in [1.807, 2.05) is 12.1 Å². The van der Waals surface area contributed by atoms with Crippen LogP contribution in [0.1, 0.15) is 6.92 Å². The van der Waals surface area contributed by atoms with E-state index in [4.69, 9.17) is 4.52 Å². The summed E-state index contributed by atoms with van der Waals surface area (Å²) >= 11 is 0. The van der Waals surface area contributed by atoms with Crippen molar-refractivity contribution >= 4 is 17.9 Å². The third-order valence-corrected chi connectivity index (χ3v) is 6.02. The summed E-state index contributed by atoms with van der Waals surface area (Å²) in [5.74, 6) is 0. The predicted molar refractivity (Wildman–Crippen MR) is 75.1 cm³/mol. The minimum absolute atomic E-state index is 0.231. The maximum absolute atomic E-state index is 10.9. The van der Waals surface area contributed by atoms with Crippen molar-refractivity contribution in [1.29, 1.82) is 0 Å². The van der Waals surface area contributed by atoms with E-state index >= 15 is 0 Å². The van der Waals surface area contributed by atoms with Crippen LogP contribution in [0.2, 0.25) is 0 Å². The zero-order chi connectivity index (χ0) is 13.1. The third kappa shape index (κ3) is 2.18. The Labute approximate surface area is 107 Å². The van der Waals surface area contributed by atoms with Crippen molar-refractivity contribution in [2.24, 2.45) is 0 Å². The molecule has 0 amide bonds. The molecule has 0 heterocycles. The maximum atomic E-state index is 10.9. The second-order valence-electron chi connectivity index (χ2n) is 4.04. The van der Waals surface area contributed by atoms with Gasteiger partial charge in [0, 0.05) is 0 Å². The summed E-state index contributed by atoms with van der Waals surface area (Å²) in [7, 11) is -4.49. The molecule has 0 spiro atoms. The fourth-order valence-electron chi connectivity index (χ4n) is 1.94. The normalized spacial score (nSPS) is 13.8. The van der Waals surface area contributed by atoms with Gasteiger partial charge in [-0.1, -0.05) is 0 Å². The van der Waals surface area contributed by atoms with Crippen LogP contribution in [0, 0.1) is 0 Å². The standard InChI is InChI=1S/C14H17O3P/c1-2-17-18(15,16,13-9-5-3-6-10-13)14-11-7-4-8-12-14/h3-12,15-16H,2H2,1H3. The molecule has 0 bridgehead atoms. The number of benzene rings is 2. The van der Waals surface area contributed by atoms with E-state index < -0.39 is 7.28 Å². The average molecular weight is 264 g/mol. The molecule has 2 aromatic rings. The molecule has 0 saturated heterocycles. The summed E-state index contributed by atoms with van der Waals surface area (Å²) in [6, 6.07) is 17.5. The number of hydrogen-bond donors (Lipinski definition) is 2. The Kier molecular flexibility index (Phi) is 3.51. The summed E-state index contributed by atoms with van der Waals surface area (Å²) in [5.41, 5.74) is 0. The first-order valence-electron chi connectivity index (χ1n) is 5.85. The van der Waals surface area contributed by atoms with Crippen molar-refractivity contribution in [3.8, 4) is 0 Å². The average Bonchev–Trinajstić information content (AvgIpc) is 2.41. The molecule has 0 saturated carbocycles. The van der Waals surface area contributed by atoms with Crippen molar-refractivity contribution < 1.29 is 14.3 Å². The summed E-state index contributed by atoms with van der Waals surface area (Å²) in [4.78, 5) is 21.8. The van der Waals surface area contributed by atoms with Gasteiger partial charge in [0.05, 0.1) is 0 Å². The van der Waals surface area contributed by atoms with Gasteiger partial charge in [0.25, 0.3) is 0 Å². The topological polar surface area (TPSA) is 49.7 Å². The Morgan fingerprint density at radius 2 is 1.22 bits per heavy atom. The van der Waals surface area contributed by atoms with Gasteiger partial charge in [-0.15, -0.1) is 0 Å². The van der Waals surface area contributed by atoms with Gasteiger partial charge in [0.2, 0.25) is 0 Å². The third-order valence-electron chi connectivity index (χ3n) is 2.82. The summed E-state index contributed by atoms with van der Waals surface area (Å²) in [5, 5.41) is 0.827. The summed E-state index contributed by atoms with van der Waals surface area (Å²) in [6.45, 7) is 1.98. The van der Waals surface area contributed by atoms with E-state index in [0.29, 0.717) is 10.6 Å². The monoisotopic (exact) mass is 264 g/mol. The minimum atomic E-state index is -4.49. The van der Waals surface area contributed by atoms with Crippen LogP contribution in [0.3, 0.4) is 0 Å². The Hall–Kier alpha value is -1.25. The molecule has 96 valence electrons. The van der Waals surface area contributed by atoms with Crippen molar-refractivity contribution in [3.05, 3.63) is 60.7 Å². The SMILES string of the molecule is CCOP(O)(O)(c1ccccc1)c1ccccc1. The van der Waals surface area contributed by atoms with Gasteiger partial charge in [-0.2, -0.15) is 0 Å². The van der Waals surface area contributed by atoms with E-state index in [9.17, 15) is 9.79 Å². The van der Waals surface area contributed by atoms with Gasteiger partial charge >= 0.3 is 106 Å². The Bertz CT molecular complexity index is 468. The second kappa shape index (κ2) is 4.79. The van der Waals surface area contributed by atoms with Gasteiger partial charge in [-0.25, -0.2) is 0 Å². The molecule has 2 rings (SSSR count). The van der Waals surface area contributed by atoms with Crippen LogP contribution >= 0.6 is 7.28 Å². The summed E-state index contributed by atoms with van der Waals surface area (Å²) in [6.07, 6.45) is 0. The number of rotatable bonds is 4. The first-order chi connectivity index (χ1) is 8.57. The van der Waals surface area contributed by atoms with Crippen molar-refractivity contribution in [2.45, 2.75) is 6.92 Å². The first-order valence-corrected chi connectivity index (χ1v) is 7.91. The Morgan fingerprint density at radius 3 is 1.56 bits per heavy atom. The molecule has 18 heavy (non-hydrogen) atoms. The molecule has 3 nitrogen and oxygen atoms in total. The van der Waals surface area contributed by atoms with Crippen molar-refractivity contribution in [2.75, 3.05) is 6.61 Å². The molecule has 0 aliphatic carbocycles. The zero-order valence-corrected chi connectivity index (χ0v) is 11.1. The summed E-state index contributed by atoms with van der Waals surface area (Å²) < 4.78 is 5.43. The van der Waals surface area contributed by atoms with Gasteiger partial charge in [0.15, 0.2) is 0 Å². The van der Waals surface area contributed by atoms with Crippen LogP contribution < -0.4 is 10.6 Å². The quantitative estimate of drug-likeness (QED) is 0.830. The Morgan fingerprint density at radius 1 is 0.833 bits per heavy atom. The first kappa shape index (κ1) is 13.2. The fraction of sp³-hybridized carbons (Fsp3) is 0.143. The second-order valence-corrected chi connectivity index (χ2v) is 7.22. The molecule has 0 aliphatic heterocycles. The van der Waals surface area contributed by atoms with E-state index in [1.54, 1.807) is 55.5 Å². The molecular formula is C14H17O3P. The molecule has 0 fully saturated rings. The van der Waals surface area contributed by atoms with Crippen LogP contribution in [-0.4, -0.2) is 16.4 Å². The van der Waals surface area contributed by atoms with Crippen molar-refractivity contribution in [3.63, 3.8) is 0 Å². The van der Waals surface area contributed by atoms with Crippen LogP contribution in [0.4, 0.5) is 0 Å². The predicted octanol–water partition coefficient (Wildman–Crippen LogP) is 1.96. The molecule has 2 N–H and O–H groups in total.